The Bertz CT molecular complexity index is 494. The molecule has 0 amide bonds. The van der Waals surface area contributed by atoms with Gasteiger partial charge in [-0.15, -0.1) is 0 Å². The average molecular weight is 219 g/mol. The van der Waals surface area contributed by atoms with E-state index in [-0.39, 0.29) is 0 Å². The predicted molar refractivity (Wildman–Crippen MR) is 59.8 cm³/mol. The number of hydrogen-bond acceptors (Lipinski definition) is 3. The fraction of sp³-hybridized carbons (Fsp3) is 0.417. The second-order valence-electron chi connectivity index (χ2n) is 4.27. The summed E-state index contributed by atoms with van der Waals surface area (Å²) in [6, 6.07) is 6.22. The third-order valence-electron chi connectivity index (χ3n) is 3.08. The monoisotopic (exact) mass is 219 g/mol. The average Bonchev–Trinajstić information content (AvgIpc) is 2.75. The lowest BCUT2D eigenvalue weighted by Gasteiger charge is -2.27. The molecular formula is C12H15N2O2+. The van der Waals surface area contributed by atoms with Crippen molar-refractivity contribution < 1.29 is 14.1 Å². The van der Waals surface area contributed by atoms with Crippen LogP contribution in [0.4, 0.5) is 5.69 Å². The highest BCUT2D eigenvalue weighted by Gasteiger charge is 2.22. The summed E-state index contributed by atoms with van der Waals surface area (Å²) >= 11 is 0. The van der Waals surface area contributed by atoms with Gasteiger partial charge in [-0.05, 0) is 13.0 Å². The zero-order chi connectivity index (χ0) is 11.0. The summed E-state index contributed by atoms with van der Waals surface area (Å²) in [5.41, 5.74) is 3.05. The molecule has 4 nitrogen and oxygen atoms in total. The van der Waals surface area contributed by atoms with Crippen molar-refractivity contribution in [1.82, 2.24) is 4.98 Å². The Morgan fingerprint density at radius 1 is 1.44 bits per heavy atom. The van der Waals surface area contributed by atoms with Crippen molar-refractivity contribution in [2.24, 2.45) is 0 Å². The van der Waals surface area contributed by atoms with E-state index in [4.69, 9.17) is 9.15 Å². The van der Waals surface area contributed by atoms with Crippen LogP contribution in [0.2, 0.25) is 0 Å². The lowest BCUT2D eigenvalue weighted by Crippen LogP contribution is -3.10. The van der Waals surface area contributed by atoms with Gasteiger partial charge >= 0.3 is 0 Å². The summed E-state index contributed by atoms with van der Waals surface area (Å²) in [5, 5.41) is 0. The number of benzene rings is 1. The van der Waals surface area contributed by atoms with Crippen LogP contribution in [0, 0.1) is 0 Å². The normalized spacial score (nSPS) is 26.1. The van der Waals surface area contributed by atoms with Gasteiger partial charge in [-0.3, -0.25) is 4.90 Å². The first-order valence-corrected chi connectivity index (χ1v) is 5.63. The summed E-state index contributed by atoms with van der Waals surface area (Å²) in [5.74, 6) is 0. The SMILES string of the molecule is CC1C[NH+](c2ccc3ncoc3c2)CCO1. The van der Waals surface area contributed by atoms with Crippen LogP contribution in [0.1, 0.15) is 6.92 Å². The second-order valence-corrected chi connectivity index (χ2v) is 4.27. The Labute approximate surface area is 93.8 Å². The van der Waals surface area contributed by atoms with Crippen LogP contribution in [-0.4, -0.2) is 30.8 Å². The summed E-state index contributed by atoms with van der Waals surface area (Å²) in [4.78, 5) is 5.57. The van der Waals surface area contributed by atoms with Gasteiger partial charge in [-0.1, -0.05) is 0 Å². The smallest absolute Gasteiger partial charge is 0.181 e. The number of nitrogens with zero attached hydrogens (tertiary/aromatic N) is 1. The van der Waals surface area contributed by atoms with Gasteiger partial charge in [0, 0.05) is 12.1 Å². The van der Waals surface area contributed by atoms with Gasteiger partial charge in [0.05, 0.1) is 6.61 Å². The summed E-state index contributed by atoms with van der Waals surface area (Å²) in [6.07, 6.45) is 1.82. The van der Waals surface area contributed by atoms with Crippen molar-refractivity contribution in [3.63, 3.8) is 0 Å². The van der Waals surface area contributed by atoms with Crippen molar-refractivity contribution in [2.75, 3.05) is 19.7 Å². The molecule has 1 aromatic carbocycles. The number of fused-ring (bicyclic) bond motifs is 1. The number of oxazole rings is 1. The van der Waals surface area contributed by atoms with E-state index in [0.717, 1.165) is 30.8 Å². The molecule has 3 rings (SSSR count). The molecule has 2 aromatic rings. The highest BCUT2D eigenvalue weighted by molar-refractivity contribution is 5.74. The topological polar surface area (TPSA) is 39.7 Å². The van der Waals surface area contributed by atoms with Crippen LogP contribution < -0.4 is 4.90 Å². The zero-order valence-corrected chi connectivity index (χ0v) is 9.27. The Morgan fingerprint density at radius 2 is 2.38 bits per heavy atom. The number of ether oxygens (including phenoxy) is 1. The molecule has 84 valence electrons. The van der Waals surface area contributed by atoms with Gasteiger partial charge in [-0.25, -0.2) is 4.98 Å². The minimum Gasteiger partial charge on any atom is -0.443 e. The maximum atomic E-state index is 5.55. The minimum atomic E-state index is 0.328. The molecule has 1 N–H and O–H groups in total. The van der Waals surface area contributed by atoms with Gasteiger partial charge in [0.1, 0.15) is 30.4 Å². The molecule has 0 bridgehead atoms. The van der Waals surface area contributed by atoms with Gasteiger partial charge in [0.2, 0.25) is 0 Å². The van der Waals surface area contributed by atoms with Crippen molar-refractivity contribution in [3.8, 4) is 0 Å². The predicted octanol–water partition coefficient (Wildman–Crippen LogP) is 0.763. The van der Waals surface area contributed by atoms with Crippen molar-refractivity contribution in [2.45, 2.75) is 13.0 Å². The Kier molecular flexibility index (Phi) is 2.38. The first kappa shape index (κ1) is 9.81. The maximum absolute atomic E-state index is 5.55. The van der Waals surface area contributed by atoms with Crippen molar-refractivity contribution in [1.29, 1.82) is 0 Å². The van der Waals surface area contributed by atoms with Crippen LogP contribution >= 0.6 is 0 Å². The largest absolute Gasteiger partial charge is 0.443 e. The fourth-order valence-electron chi connectivity index (χ4n) is 2.23. The van der Waals surface area contributed by atoms with Crippen LogP contribution in [0.15, 0.2) is 29.0 Å². The highest BCUT2D eigenvalue weighted by atomic mass is 16.5. The molecule has 1 saturated heterocycles. The molecule has 2 heterocycles. The molecule has 0 spiro atoms. The number of aromatic nitrogens is 1. The lowest BCUT2D eigenvalue weighted by atomic mass is 10.2. The lowest BCUT2D eigenvalue weighted by molar-refractivity contribution is -0.846. The Morgan fingerprint density at radius 3 is 3.25 bits per heavy atom. The fourth-order valence-corrected chi connectivity index (χ4v) is 2.23. The molecule has 0 saturated carbocycles. The molecule has 1 fully saturated rings. The van der Waals surface area contributed by atoms with Gasteiger partial charge < -0.3 is 9.15 Å². The van der Waals surface area contributed by atoms with Gasteiger partial charge in [-0.2, -0.15) is 0 Å². The third kappa shape index (κ3) is 1.70. The van der Waals surface area contributed by atoms with E-state index in [9.17, 15) is 0 Å². The van der Waals surface area contributed by atoms with Crippen molar-refractivity contribution in [3.05, 3.63) is 24.6 Å². The van der Waals surface area contributed by atoms with E-state index in [1.807, 2.05) is 6.07 Å². The van der Waals surface area contributed by atoms with Crippen LogP contribution in [0.5, 0.6) is 0 Å². The van der Waals surface area contributed by atoms with Crippen LogP contribution in [0.3, 0.4) is 0 Å². The maximum Gasteiger partial charge on any atom is 0.181 e. The van der Waals surface area contributed by atoms with E-state index in [1.54, 1.807) is 0 Å². The van der Waals surface area contributed by atoms with E-state index >= 15 is 0 Å². The number of rotatable bonds is 1. The number of nitrogens with one attached hydrogen (secondary N) is 1. The molecule has 2 atom stereocenters. The molecule has 16 heavy (non-hydrogen) atoms. The number of morpholine rings is 1. The first-order chi connectivity index (χ1) is 7.83. The quantitative estimate of drug-likeness (QED) is 0.770. The molecular weight excluding hydrogens is 204 g/mol. The molecule has 0 aliphatic carbocycles. The van der Waals surface area contributed by atoms with E-state index in [0.29, 0.717) is 6.10 Å². The summed E-state index contributed by atoms with van der Waals surface area (Å²) in [6.45, 7) is 4.97. The number of hydrogen-bond donors (Lipinski definition) is 1. The molecule has 4 heteroatoms. The highest BCUT2D eigenvalue weighted by Crippen LogP contribution is 2.15. The summed E-state index contributed by atoms with van der Waals surface area (Å²) in [7, 11) is 0. The second kappa shape index (κ2) is 3.88. The zero-order valence-electron chi connectivity index (χ0n) is 9.27. The Balaban J connectivity index is 1.92. The van der Waals surface area contributed by atoms with Crippen LogP contribution in [0.25, 0.3) is 11.1 Å². The van der Waals surface area contributed by atoms with Gasteiger partial charge in [0.15, 0.2) is 12.0 Å². The molecule has 1 aliphatic heterocycles. The molecule has 2 unspecified atom stereocenters. The molecule has 0 radical (unpaired) electrons. The Hall–Kier alpha value is -1.39. The van der Waals surface area contributed by atoms with Crippen LogP contribution in [-0.2, 0) is 4.74 Å². The molecule has 1 aliphatic rings. The van der Waals surface area contributed by atoms with Crippen molar-refractivity contribution >= 4 is 16.8 Å². The number of quaternary nitrogens is 1. The first-order valence-electron chi connectivity index (χ1n) is 5.63. The standard InChI is InChI=1S/C12H14N2O2/c1-9-7-14(4-5-15-9)10-2-3-11-12(6-10)16-8-13-11/h2-3,6,8-9H,4-5,7H2,1H3/p+1. The third-order valence-corrected chi connectivity index (χ3v) is 3.08. The van der Waals surface area contributed by atoms with E-state index in [1.165, 1.54) is 17.0 Å². The van der Waals surface area contributed by atoms with E-state index < -0.39 is 0 Å². The van der Waals surface area contributed by atoms with Gasteiger partial charge in [0.25, 0.3) is 0 Å². The molecule has 1 aromatic heterocycles. The minimum absolute atomic E-state index is 0.328. The summed E-state index contributed by atoms with van der Waals surface area (Å²) < 4.78 is 10.9. The van der Waals surface area contributed by atoms with E-state index in [2.05, 4.69) is 24.0 Å².